The molecule has 0 N–H and O–H groups in total. The van der Waals surface area contributed by atoms with Gasteiger partial charge in [-0.2, -0.15) is 0 Å². The molecule has 1 aromatic carbocycles. The standard InChI is InChI=1S/C11H12FN3/c1-2-15-8-13-14-11(15)7-9-3-5-10(12)6-4-9/h3-6,8H,2,7H2,1H3. The highest BCUT2D eigenvalue weighted by Gasteiger charge is 2.03. The van der Waals surface area contributed by atoms with Crippen LogP contribution in [0.15, 0.2) is 30.6 Å². The summed E-state index contributed by atoms with van der Waals surface area (Å²) < 4.78 is 14.7. The lowest BCUT2D eigenvalue weighted by atomic mass is 10.1. The van der Waals surface area contributed by atoms with Crippen molar-refractivity contribution in [1.82, 2.24) is 14.8 Å². The molecule has 0 aliphatic rings. The molecule has 0 aliphatic heterocycles. The monoisotopic (exact) mass is 205 g/mol. The summed E-state index contributed by atoms with van der Waals surface area (Å²) in [7, 11) is 0. The second-order valence-electron chi connectivity index (χ2n) is 3.34. The highest BCUT2D eigenvalue weighted by Crippen LogP contribution is 2.08. The van der Waals surface area contributed by atoms with Gasteiger partial charge in [0.05, 0.1) is 0 Å². The first kappa shape index (κ1) is 9.83. The first-order valence-electron chi connectivity index (χ1n) is 4.90. The zero-order valence-corrected chi connectivity index (χ0v) is 8.52. The Labute approximate surface area is 87.6 Å². The van der Waals surface area contributed by atoms with E-state index in [0.29, 0.717) is 6.42 Å². The predicted molar refractivity (Wildman–Crippen MR) is 54.9 cm³/mol. The van der Waals surface area contributed by atoms with E-state index in [0.717, 1.165) is 17.9 Å². The second-order valence-corrected chi connectivity index (χ2v) is 3.34. The maximum atomic E-state index is 12.7. The van der Waals surface area contributed by atoms with Gasteiger partial charge in [0, 0.05) is 13.0 Å². The topological polar surface area (TPSA) is 30.7 Å². The molecule has 0 fully saturated rings. The van der Waals surface area contributed by atoms with E-state index in [1.54, 1.807) is 18.5 Å². The van der Waals surface area contributed by atoms with Crippen LogP contribution in [0.3, 0.4) is 0 Å². The molecule has 3 nitrogen and oxygen atoms in total. The van der Waals surface area contributed by atoms with Gasteiger partial charge in [-0.25, -0.2) is 4.39 Å². The Kier molecular flexibility index (Phi) is 2.76. The van der Waals surface area contributed by atoms with E-state index < -0.39 is 0 Å². The summed E-state index contributed by atoms with van der Waals surface area (Å²) in [6.07, 6.45) is 2.40. The van der Waals surface area contributed by atoms with Crippen molar-refractivity contribution in [3.8, 4) is 0 Å². The van der Waals surface area contributed by atoms with E-state index in [1.807, 2.05) is 11.5 Å². The van der Waals surface area contributed by atoms with Crippen molar-refractivity contribution in [3.05, 3.63) is 47.8 Å². The van der Waals surface area contributed by atoms with Crippen molar-refractivity contribution in [2.24, 2.45) is 0 Å². The third kappa shape index (κ3) is 2.21. The van der Waals surface area contributed by atoms with Crippen LogP contribution in [0.5, 0.6) is 0 Å². The van der Waals surface area contributed by atoms with Crippen LogP contribution in [-0.4, -0.2) is 14.8 Å². The third-order valence-corrected chi connectivity index (χ3v) is 2.31. The molecule has 2 rings (SSSR count). The number of halogens is 1. The maximum absolute atomic E-state index is 12.7. The summed E-state index contributed by atoms with van der Waals surface area (Å²) in [4.78, 5) is 0. The van der Waals surface area contributed by atoms with Crippen LogP contribution in [0.1, 0.15) is 18.3 Å². The van der Waals surface area contributed by atoms with Crippen molar-refractivity contribution < 1.29 is 4.39 Å². The molecule has 0 amide bonds. The molecule has 0 aliphatic carbocycles. The highest BCUT2D eigenvalue weighted by molar-refractivity contribution is 5.19. The van der Waals surface area contributed by atoms with Gasteiger partial charge in [0.1, 0.15) is 18.0 Å². The number of hydrogen-bond acceptors (Lipinski definition) is 2. The summed E-state index contributed by atoms with van der Waals surface area (Å²) in [5.74, 6) is 0.694. The normalized spacial score (nSPS) is 10.5. The molecule has 78 valence electrons. The summed E-state index contributed by atoms with van der Waals surface area (Å²) in [5, 5.41) is 7.87. The van der Waals surface area contributed by atoms with E-state index >= 15 is 0 Å². The number of aryl methyl sites for hydroxylation is 1. The largest absolute Gasteiger partial charge is 0.318 e. The van der Waals surface area contributed by atoms with Crippen molar-refractivity contribution in [1.29, 1.82) is 0 Å². The number of rotatable bonds is 3. The van der Waals surface area contributed by atoms with E-state index in [1.165, 1.54) is 12.1 Å². The Morgan fingerprint density at radius 2 is 2.00 bits per heavy atom. The van der Waals surface area contributed by atoms with Crippen LogP contribution >= 0.6 is 0 Å². The second kappa shape index (κ2) is 4.21. The minimum Gasteiger partial charge on any atom is -0.318 e. The lowest BCUT2D eigenvalue weighted by molar-refractivity contribution is 0.626. The number of aromatic nitrogens is 3. The average Bonchev–Trinajstić information content (AvgIpc) is 2.69. The molecule has 0 saturated carbocycles. The van der Waals surface area contributed by atoms with Crippen molar-refractivity contribution >= 4 is 0 Å². The zero-order valence-electron chi connectivity index (χ0n) is 8.52. The summed E-state index contributed by atoms with van der Waals surface area (Å²) >= 11 is 0. The quantitative estimate of drug-likeness (QED) is 0.767. The minimum absolute atomic E-state index is 0.212. The van der Waals surface area contributed by atoms with Crippen LogP contribution in [-0.2, 0) is 13.0 Å². The van der Waals surface area contributed by atoms with Gasteiger partial charge in [-0.05, 0) is 24.6 Å². The Morgan fingerprint density at radius 1 is 1.27 bits per heavy atom. The molecule has 0 spiro atoms. The number of nitrogens with zero attached hydrogens (tertiary/aromatic N) is 3. The van der Waals surface area contributed by atoms with Crippen LogP contribution in [0.4, 0.5) is 4.39 Å². The Bertz CT molecular complexity index is 433. The molecule has 4 heteroatoms. The van der Waals surface area contributed by atoms with E-state index in [2.05, 4.69) is 10.2 Å². The fourth-order valence-electron chi connectivity index (χ4n) is 1.46. The number of benzene rings is 1. The van der Waals surface area contributed by atoms with Gasteiger partial charge in [0.25, 0.3) is 0 Å². The number of hydrogen-bond donors (Lipinski definition) is 0. The molecular weight excluding hydrogens is 193 g/mol. The fourth-order valence-corrected chi connectivity index (χ4v) is 1.46. The van der Waals surface area contributed by atoms with Gasteiger partial charge in [0.2, 0.25) is 0 Å². The van der Waals surface area contributed by atoms with E-state index in [9.17, 15) is 4.39 Å². The Morgan fingerprint density at radius 3 is 2.67 bits per heavy atom. The smallest absolute Gasteiger partial charge is 0.137 e. The van der Waals surface area contributed by atoms with Gasteiger partial charge in [-0.3, -0.25) is 0 Å². The molecule has 0 atom stereocenters. The average molecular weight is 205 g/mol. The molecule has 2 aromatic rings. The van der Waals surface area contributed by atoms with Crippen molar-refractivity contribution in [2.45, 2.75) is 19.9 Å². The van der Waals surface area contributed by atoms with Gasteiger partial charge in [-0.15, -0.1) is 10.2 Å². The van der Waals surface area contributed by atoms with Crippen LogP contribution in [0, 0.1) is 5.82 Å². The molecule has 0 saturated heterocycles. The zero-order chi connectivity index (χ0) is 10.7. The summed E-state index contributed by atoms with van der Waals surface area (Å²) in [6, 6.07) is 6.46. The van der Waals surface area contributed by atoms with Crippen LogP contribution < -0.4 is 0 Å². The van der Waals surface area contributed by atoms with Crippen molar-refractivity contribution in [3.63, 3.8) is 0 Å². The van der Waals surface area contributed by atoms with Gasteiger partial charge in [-0.1, -0.05) is 12.1 Å². The Hall–Kier alpha value is -1.71. The molecule has 15 heavy (non-hydrogen) atoms. The van der Waals surface area contributed by atoms with E-state index in [-0.39, 0.29) is 5.82 Å². The lowest BCUT2D eigenvalue weighted by Gasteiger charge is -2.02. The SMILES string of the molecule is CCn1cnnc1Cc1ccc(F)cc1. The molecule has 0 bridgehead atoms. The van der Waals surface area contributed by atoms with E-state index in [4.69, 9.17) is 0 Å². The fraction of sp³-hybridized carbons (Fsp3) is 0.273. The van der Waals surface area contributed by atoms with Crippen LogP contribution in [0.2, 0.25) is 0 Å². The first-order valence-corrected chi connectivity index (χ1v) is 4.90. The molecule has 0 unspecified atom stereocenters. The maximum Gasteiger partial charge on any atom is 0.137 e. The first-order chi connectivity index (χ1) is 7.29. The minimum atomic E-state index is -0.212. The molecule has 0 radical (unpaired) electrons. The molecule has 1 heterocycles. The van der Waals surface area contributed by atoms with Crippen molar-refractivity contribution in [2.75, 3.05) is 0 Å². The van der Waals surface area contributed by atoms with Gasteiger partial charge < -0.3 is 4.57 Å². The van der Waals surface area contributed by atoms with Gasteiger partial charge >= 0.3 is 0 Å². The highest BCUT2D eigenvalue weighted by atomic mass is 19.1. The summed E-state index contributed by atoms with van der Waals surface area (Å²) in [6.45, 7) is 2.89. The van der Waals surface area contributed by atoms with Gasteiger partial charge in [0.15, 0.2) is 0 Å². The van der Waals surface area contributed by atoms with Crippen LogP contribution in [0.25, 0.3) is 0 Å². The molecular formula is C11H12FN3. The summed E-state index contributed by atoms with van der Waals surface area (Å²) in [5.41, 5.74) is 1.04. The Balaban J connectivity index is 2.18. The lowest BCUT2D eigenvalue weighted by Crippen LogP contribution is -2.01. The predicted octanol–water partition coefficient (Wildman–Crippen LogP) is 2.03. The molecule has 1 aromatic heterocycles. The third-order valence-electron chi connectivity index (χ3n) is 2.31.